The third-order valence-corrected chi connectivity index (χ3v) is 4.42. The minimum absolute atomic E-state index is 0.165. The quantitative estimate of drug-likeness (QED) is 0.721. The zero-order chi connectivity index (χ0) is 15.2. The van der Waals surface area contributed by atoms with Crippen LogP contribution < -0.4 is 10.2 Å². The van der Waals surface area contributed by atoms with Crippen molar-refractivity contribution in [3.63, 3.8) is 0 Å². The number of anilines is 1. The van der Waals surface area contributed by atoms with Crippen LogP contribution >= 0.6 is 15.9 Å². The van der Waals surface area contributed by atoms with Crippen molar-refractivity contribution >= 4 is 31.5 Å². The van der Waals surface area contributed by atoms with Crippen LogP contribution in [0.3, 0.4) is 0 Å². The molecule has 0 saturated heterocycles. The van der Waals surface area contributed by atoms with Gasteiger partial charge in [0, 0.05) is 36.6 Å². The summed E-state index contributed by atoms with van der Waals surface area (Å²) in [4.78, 5) is 1.99. The van der Waals surface area contributed by atoms with Crippen LogP contribution in [0.5, 0.6) is 0 Å². The summed E-state index contributed by atoms with van der Waals surface area (Å²) in [6, 6.07) is 6.11. The molecule has 0 aliphatic rings. The zero-order valence-electron chi connectivity index (χ0n) is 12.3. The summed E-state index contributed by atoms with van der Waals surface area (Å²) in [5.74, 6) is 0.165. The van der Waals surface area contributed by atoms with Gasteiger partial charge in [0.1, 0.15) is 9.84 Å². The first kappa shape index (κ1) is 17.5. The van der Waals surface area contributed by atoms with Gasteiger partial charge in [-0.05, 0) is 30.7 Å². The van der Waals surface area contributed by atoms with Gasteiger partial charge in [0.25, 0.3) is 0 Å². The van der Waals surface area contributed by atoms with E-state index in [0.717, 1.165) is 29.7 Å². The normalized spacial score (nSPS) is 11.6. The average molecular weight is 363 g/mol. The number of hydrogen-bond donors (Lipinski definition) is 1. The van der Waals surface area contributed by atoms with E-state index in [4.69, 9.17) is 0 Å². The van der Waals surface area contributed by atoms with Crippen molar-refractivity contribution in [2.45, 2.75) is 19.9 Å². The van der Waals surface area contributed by atoms with E-state index in [2.05, 4.69) is 34.2 Å². The van der Waals surface area contributed by atoms with Gasteiger partial charge in [-0.3, -0.25) is 0 Å². The predicted octanol–water partition coefficient (Wildman–Crippen LogP) is 2.43. The van der Waals surface area contributed by atoms with Crippen molar-refractivity contribution in [3.05, 3.63) is 28.2 Å². The van der Waals surface area contributed by atoms with Crippen LogP contribution in [0.25, 0.3) is 0 Å². The van der Waals surface area contributed by atoms with Crippen LogP contribution in [-0.4, -0.2) is 40.6 Å². The Morgan fingerprint density at radius 1 is 1.35 bits per heavy atom. The molecular formula is C14H23BrN2O2S. The predicted molar refractivity (Wildman–Crippen MR) is 89.1 cm³/mol. The molecule has 0 atom stereocenters. The second-order valence-corrected chi connectivity index (χ2v) is 8.18. The third kappa shape index (κ3) is 6.24. The van der Waals surface area contributed by atoms with Crippen LogP contribution in [0.2, 0.25) is 0 Å². The van der Waals surface area contributed by atoms with Gasteiger partial charge in [0.05, 0.1) is 5.75 Å². The standard InChI is InChI=1S/C14H23BrN2O2S/c1-4-7-16-11-12-5-6-13(15)10-14(12)17(2)8-9-20(3,18)19/h5-6,10,16H,4,7-9,11H2,1-3H3. The molecule has 1 aromatic rings. The van der Waals surface area contributed by atoms with Crippen molar-refractivity contribution in [3.8, 4) is 0 Å². The Labute approximate surface area is 130 Å². The summed E-state index contributed by atoms with van der Waals surface area (Å²) in [6.45, 7) is 4.39. The minimum Gasteiger partial charge on any atom is -0.373 e. The number of sulfone groups is 1. The SMILES string of the molecule is CCCNCc1ccc(Br)cc1N(C)CCS(C)(=O)=O. The van der Waals surface area contributed by atoms with Gasteiger partial charge in [-0.25, -0.2) is 8.42 Å². The lowest BCUT2D eigenvalue weighted by atomic mass is 10.1. The summed E-state index contributed by atoms with van der Waals surface area (Å²) in [6.07, 6.45) is 2.36. The molecule has 1 rings (SSSR count). The lowest BCUT2D eigenvalue weighted by Crippen LogP contribution is -2.26. The highest BCUT2D eigenvalue weighted by molar-refractivity contribution is 9.10. The van der Waals surface area contributed by atoms with E-state index in [9.17, 15) is 8.42 Å². The Hall–Kier alpha value is -0.590. The molecule has 0 spiro atoms. The van der Waals surface area contributed by atoms with Gasteiger partial charge in [0.2, 0.25) is 0 Å². The Morgan fingerprint density at radius 2 is 2.05 bits per heavy atom. The first-order valence-corrected chi connectivity index (χ1v) is 9.57. The Balaban J connectivity index is 2.82. The molecule has 0 radical (unpaired) electrons. The first-order valence-electron chi connectivity index (χ1n) is 6.71. The van der Waals surface area contributed by atoms with E-state index >= 15 is 0 Å². The molecule has 0 heterocycles. The fraction of sp³-hybridized carbons (Fsp3) is 0.571. The van der Waals surface area contributed by atoms with E-state index in [1.165, 1.54) is 11.8 Å². The maximum Gasteiger partial charge on any atom is 0.149 e. The molecule has 0 amide bonds. The fourth-order valence-corrected chi connectivity index (χ4v) is 2.82. The molecule has 0 fully saturated rings. The summed E-state index contributed by atoms with van der Waals surface area (Å²) in [7, 11) is -1.01. The van der Waals surface area contributed by atoms with Crippen molar-refractivity contribution in [1.82, 2.24) is 5.32 Å². The molecule has 6 heteroatoms. The number of nitrogens with one attached hydrogen (secondary N) is 1. The summed E-state index contributed by atoms with van der Waals surface area (Å²) in [5.41, 5.74) is 2.24. The molecular weight excluding hydrogens is 340 g/mol. The molecule has 4 nitrogen and oxygen atoms in total. The maximum absolute atomic E-state index is 11.3. The van der Waals surface area contributed by atoms with E-state index in [0.29, 0.717) is 6.54 Å². The molecule has 114 valence electrons. The molecule has 0 bridgehead atoms. The topological polar surface area (TPSA) is 49.4 Å². The lowest BCUT2D eigenvalue weighted by molar-refractivity contribution is 0.601. The minimum atomic E-state index is -2.94. The number of hydrogen-bond acceptors (Lipinski definition) is 4. The lowest BCUT2D eigenvalue weighted by Gasteiger charge is -2.23. The van der Waals surface area contributed by atoms with E-state index in [-0.39, 0.29) is 5.75 Å². The first-order chi connectivity index (χ1) is 9.33. The average Bonchev–Trinajstić information content (AvgIpc) is 2.37. The monoisotopic (exact) mass is 362 g/mol. The van der Waals surface area contributed by atoms with Crippen LogP contribution in [0.15, 0.2) is 22.7 Å². The molecule has 0 aliphatic carbocycles. The molecule has 0 aromatic heterocycles. The second-order valence-electron chi connectivity index (χ2n) is 5.00. The van der Waals surface area contributed by atoms with E-state index < -0.39 is 9.84 Å². The van der Waals surface area contributed by atoms with E-state index in [1.54, 1.807) is 0 Å². The number of halogens is 1. The highest BCUT2D eigenvalue weighted by atomic mass is 79.9. The van der Waals surface area contributed by atoms with Crippen LogP contribution in [-0.2, 0) is 16.4 Å². The summed E-state index contributed by atoms with van der Waals surface area (Å²) >= 11 is 3.47. The Morgan fingerprint density at radius 3 is 2.65 bits per heavy atom. The molecule has 1 aromatic carbocycles. The van der Waals surface area contributed by atoms with Gasteiger partial charge < -0.3 is 10.2 Å². The smallest absolute Gasteiger partial charge is 0.149 e. The third-order valence-electron chi connectivity index (χ3n) is 3.00. The van der Waals surface area contributed by atoms with Crippen LogP contribution in [0.1, 0.15) is 18.9 Å². The second kappa shape index (κ2) is 8.00. The Kier molecular flexibility index (Phi) is 6.99. The molecule has 20 heavy (non-hydrogen) atoms. The van der Waals surface area contributed by atoms with Gasteiger partial charge in [-0.1, -0.05) is 28.9 Å². The maximum atomic E-state index is 11.3. The molecule has 0 saturated carbocycles. The molecule has 1 N–H and O–H groups in total. The zero-order valence-corrected chi connectivity index (χ0v) is 14.7. The fourth-order valence-electron chi connectivity index (χ4n) is 1.86. The van der Waals surface area contributed by atoms with Gasteiger partial charge in [0.15, 0.2) is 0 Å². The molecule has 0 aliphatic heterocycles. The van der Waals surface area contributed by atoms with Crippen molar-refractivity contribution in [2.75, 3.05) is 37.0 Å². The van der Waals surface area contributed by atoms with E-state index in [1.807, 2.05) is 24.1 Å². The van der Waals surface area contributed by atoms with Gasteiger partial charge >= 0.3 is 0 Å². The van der Waals surface area contributed by atoms with Crippen molar-refractivity contribution in [1.29, 1.82) is 0 Å². The summed E-state index contributed by atoms with van der Waals surface area (Å²) < 4.78 is 23.6. The van der Waals surface area contributed by atoms with Gasteiger partial charge in [-0.2, -0.15) is 0 Å². The number of rotatable bonds is 8. The van der Waals surface area contributed by atoms with Gasteiger partial charge in [-0.15, -0.1) is 0 Å². The highest BCUT2D eigenvalue weighted by Gasteiger charge is 2.10. The summed E-state index contributed by atoms with van der Waals surface area (Å²) in [5, 5.41) is 3.38. The largest absolute Gasteiger partial charge is 0.373 e. The Bertz CT molecular complexity index is 532. The highest BCUT2D eigenvalue weighted by Crippen LogP contribution is 2.24. The van der Waals surface area contributed by atoms with Crippen LogP contribution in [0.4, 0.5) is 5.69 Å². The van der Waals surface area contributed by atoms with Crippen molar-refractivity contribution < 1.29 is 8.42 Å². The van der Waals surface area contributed by atoms with Crippen molar-refractivity contribution in [2.24, 2.45) is 0 Å². The number of nitrogens with zero attached hydrogens (tertiary/aromatic N) is 1. The van der Waals surface area contributed by atoms with Crippen LogP contribution in [0, 0.1) is 0 Å². The number of benzene rings is 1. The molecule has 0 unspecified atom stereocenters.